The van der Waals surface area contributed by atoms with Gasteiger partial charge in [-0.1, -0.05) is 48.0 Å². The summed E-state index contributed by atoms with van der Waals surface area (Å²) in [4.78, 5) is 20.5. The average Bonchev–Trinajstić information content (AvgIpc) is 2.63. The Hall–Kier alpha value is -2.92. The van der Waals surface area contributed by atoms with Crippen molar-refractivity contribution in [3.63, 3.8) is 0 Å². The molecular formula is C19H17ClN4O. The van der Waals surface area contributed by atoms with E-state index in [4.69, 9.17) is 11.6 Å². The monoisotopic (exact) mass is 352 g/mol. The summed E-state index contributed by atoms with van der Waals surface area (Å²) < 4.78 is 0. The minimum Gasteiger partial charge on any atom is -0.368 e. The van der Waals surface area contributed by atoms with E-state index < -0.39 is 0 Å². The molecule has 0 radical (unpaired) electrons. The molecule has 126 valence electrons. The van der Waals surface area contributed by atoms with E-state index in [-0.39, 0.29) is 11.6 Å². The molecule has 1 aromatic heterocycles. The van der Waals surface area contributed by atoms with Crippen LogP contribution in [0.1, 0.15) is 16.1 Å². The van der Waals surface area contributed by atoms with Crippen LogP contribution >= 0.6 is 11.6 Å². The number of anilines is 2. The molecule has 0 aliphatic carbocycles. The fourth-order valence-electron chi connectivity index (χ4n) is 2.28. The maximum atomic E-state index is 12.2. The second-order valence-electron chi connectivity index (χ2n) is 5.41. The molecule has 0 saturated carbocycles. The number of benzene rings is 2. The van der Waals surface area contributed by atoms with E-state index >= 15 is 0 Å². The summed E-state index contributed by atoms with van der Waals surface area (Å²) in [5, 5.41) is 6.49. The van der Waals surface area contributed by atoms with Gasteiger partial charge in [-0.25, -0.2) is 9.97 Å². The van der Waals surface area contributed by atoms with Crippen molar-refractivity contribution in [1.29, 1.82) is 0 Å². The third kappa shape index (κ3) is 5.02. The minimum absolute atomic E-state index is 0.244. The molecule has 0 fully saturated rings. The van der Waals surface area contributed by atoms with Crippen molar-refractivity contribution in [2.24, 2.45) is 0 Å². The number of amides is 1. The van der Waals surface area contributed by atoms with Gasteiger partial charge < -0.3 is 10.6 Å². The molecule has 0 atom stereocenters. The van der Waals surface area contributed by atoms with E-state index in [1.54, 1.807) is 30.5 Å². The first-order chi connectivity index (χ1) is 12.2. The van der Waals surface area contributed by atoms with Crippen LogP contribution in [-0.2, 0) is 6.42 Å². The van der Waals surface area contributed by atoms with Crippen LogP contribution in [0.5, 0.6) is 0 Å². The molecule has 0 spiro atoms. The van der Waals surface area contributed by atoms with Crippen LogP contribution in [-0.4, -0.2) is 22.4 Å². The highest BCUT2D eigenvalue weighted by Gasteiger charge is 2.08. The lowest BCUT2D eigenvalue weighted by Crippen LogP contribution is -2.15. The summed E-state index contributed by atoms with van der Waals surface area (Å²) in [6, 6.07) is 17.1. The molecule has 3 aromatic rings. The molecule has 2 N–H and O–H groups in total. The molecule has 0 bridgehead atoms. The quantitative estimate of drug-likeness (QED) is 0.702. The third-order valence-corrected chi connectivity index (χ3v) is 3.76. The molecule has 0 aliphatic rings. The number of carbonyl (C=O) groups is 1. The molecule has 6 heteroatoms. The van der Waals surface area contributed by atoms with Crippen molar-refractivity contribution in [2.45, 2.75) is 6.42 Å². The zero-order chi connectivity index (χ0) is 17.5. The van der Waals surface area contributed by atoms with Gasteiger partial charge in [0.05, 0.1) is 12.4 Å². The lowest BCUT2D eigenvalue weighted by molar-refractivity contribution is 0.102. The number of carbonyl (C=O) groups excluding carboxylic acids is 1. The molecule has 0 saturated heterocycles. The van der Waals surface area contributed by atoms with Gasteiger partial charge in [-0.3, -0.25) is 4.79 Å². The van der Waals surface area contributed by atoms with Crippen LogP contribution in [0.25, 0.3) is 0 Å². The summed E-state index contributed by atoms with van der Waals surface area (Å²) in [6.07, 6.45) is 3.89. The summed E-state index contributed by atoms with van der Waals surface area (Å²) in [6.45, 7) is 0.743. The van der Waals surface area contributed by atoms with Crippen molar-refractivity contribution < 1.29 is 4.79 Å². The standard InChI is InChI=1S/C19H17ClN4O/c20-15-7-4-8-16(11-15)24-19(25)17-12-23-18(13-22-17)21-10-9-14-5-2-1-3-6-14/h1-8,11-13H,9-10H2,(H,21,23)(H,24,25). The fourth-order valence-corrected chi connectivity index (χ4v) is 2.47. The van der Waals surface area contributed by atoms with E-state index in [1.165, 1.54) is 11.8 Å². The van der Waals surface area contributed by atoms with Gasteiger partial charge in [-0.15, -0.1) is 0 Å². The smallest absolute Gasteiger partial charge is 0.275 e. The van der Waals surface area contributed by atoms with Crippen LogP contribution < -0.4 is 10.6 Å². The molecule has 25 heavy (non-hydrogen) atoms. The van der Waals surface area contributed by atoms with Crippen molar-refractivity contribution >= 4 is 29.0 Å². The average molecular weight is 353 g/mol. The first-order valence-electron chi connectivity index (χ1n) is 7.87. The number of hydrogen-bond donors (Lipinski definition) is 2. The van der Waals surface area contributed by atoms with Crippen LogP contribution in [0, 0.1) is 0 Å². The van der Waals surface area contributed by atoms with Crippen LogP contribution in [0.4, 0.5) is 11.5 Å². The maximum absolute atomic E-state index is 12.2. The first-order valence-corrected chi connectivity index (χ1v) is 8.25. The minimum atomic E-state index is -0.328. The highest BCUT2D eigenvalue weighted by Crippen LogP contribution is 2.15. The van der Waals surface area contributed by atoms with Crippen LogP contribution in [0.15, 0.2) is 67.0 Å². The molecule has 5 nitrogen and oxygen atoms in total. The zero-order valence-corrected chi connectivity index (χ0v) is 14.2. The van der Waals surface area contributed by atoms with E-state index in [2.05, 4.69) is 32.7 Å². The Balaban J connectivity index is 1.53. The topological polar surface area (TPSA) is 66.9 Å². The number of halogens is 1. The van der Waals surface area contributed by atoms with Gasteiger partial charge in [0.1, 0.15) is 11.5 Å². The number of hydrogen-bond acceptors (Lipinski definition) is 4. The molecular weight excluding hydrogens is 336 g/mol. The molecule has 1 amide bonds. The van der Waals surface area contributed by atoms with Gasteiger partial charge in [0, 0.05) is 17.3 Å². The molecule has 0 aliphatic heterocycles. The van der Waals surface area contributed by atoms with Gasteiger partial charge in [0.25, 0.3) is 5.91 Å². The summed E-state index contributed by atoms with van der Waals surface area (Å²) >= 11 is 5.90. The highest BCUT2D eigenvalue weighted by atomic mass is 35.5. The summed E-state index contributed by atoms with van der Waals surface area (Å²) in [7, 11) is 0. The normalized spacial score (nSPS) is 10.3. The highest BCUT2D eigenvalue weighted by molar-refractivity contribution is 6.30. The van der Waals surface area contributed by atoms with Gasteiger partial charge in [-0.2, -0.15) is 0 Å². The largest absolute Gasteiger partial charge is 0.368 e. The van der Waals surface area contributed by atoms with E-state index in [1.807, 2.05) is 18.2 Å². The Labute approximate surface area is 151 Å². The Morgan fingerprint density at radius 2 is 1.84 bits per heavy atom. The van der Waals surface area contributed by atoms with Gasteiger partial charge in [-0.05, 0) is 30.2 Å². The Bertz CT molecular complexity index is 838. The SMILES string of the molecule is O=C(Nc1cccc(Cl)c1)c1cnc(NCCc2ccccc2)cn1. The number of aromatic nitrogens is 2. The van der Waals surface area contributed by atoms with Crippen molar-refractivity contribution in [1.82, 2.24) is 9.97 Å². The summed E-state index contributed by atoms with van der Waals surface area (Å²) in [5.74, 6) is 0.306. The number of nitrogens with zero attached hydrogens (tertiary/aromatic N) is 2. The lowest BCUT2D eigenvalue weighted by Gasteiger charge is -2.07. The predicted octanol–water partition coefficient (Wildman–Crippen LogP) is 4.04. The maximum Gasteiger partial charge on any atom is 0.275 e. The van der Waals surface area contributed by atoms with Gasteiger partial charge >= 0.3 is 0 Å². The second kappa shape index (κ2) is 8.26. The predicted molar refractivity (Wildman–Crippen MR) is 100 cm³/mol. The summed E-state index contributed by atoms with van der Waals surface area (Å²) in [5.41, 5.74) is 2.11. The van der Waals surface area contributed by atoms with Gasteiger partial charge in [0.15, 0.2) is 0 Å². The Morgan fingerprint density at radius 3 is 2.56 bits per heavy atom. The Kier molecular flexibility index (Phi) is 5.59. The first kappa shape index (κ1) is 16.9. The number of rotatable bonds is 6. The molecule has 1 heterocycles. The molecule has 0 unspecified atom stereocenters. The van der Waals surface area contributed by atoms with Gasteiger partial charge in [0.2, 0.25) is 0 Å². The zero-order valence-electron chi connectivity index (χ0n) is 13.4. The van der Waals surface area contributed by atoms with Crippen LogP contribution in [0.2, 0.25) is 5.02 Å². The number of nitrogens with one attached hydrogen (secondary N) is 2. The molecule has 2 aromatic carbocycles. The lowest BCUT2D eigenvalue weighted by atomic mass is 10.1. The van der Waals surface area contributed by atoms with E-state index in [9.17, 15) is 4.79 Å². The van der Waals surface area contributed by atoms with Crippen LogP contribution in [0.3, 0.4) is 0 Å². The van der Waals surface area contributed by atoms with Crippen molar-refractivity contribution in [3.8, 4) is 0 Å². The van der Waals surface area contributed by atoms with E-state index in [0.717, 1.165) is 13.0 Å². The molecule has 3 rings (SSSR count). The Morgan fingerprint density at radius 1 is 1.00 bits per heavy atom. The second-order valence-corrected chi connectivity index (χ2v) is 5.85. The van der Waals surface area contributed by atoms with E-state index in [0.29, 0.717) is 16.5 Å². The van der Waals surface area contributed by atoms with Crippen molar-refractivity contribution in [2.75, 3.05) is 17.2 Å². The fraction of sp³-hybridized carbons (Fsp3) is 0.105. The third-order valence-electron chi connectivity index (χ3n) is 3.53. The van der Waals surface area contributed by atoms with Crippen molar-refractivity contribution in [3.05, 3.63) is 83.3 Å².